The molecule has 0 spiro atoms. The average Bonchev–Trinajstić information content (AvgIpc) is 2.61. The van der Waals surface area contributed by atoms with Crippen molar-refractivity contribution in [3.05, 3.63) is 64.1 Å². The molecular formula is C16H16BrNO. The molecule has 1 aliphatic heterocycles. The SMILES string of the molecule is Brc1ccc2c(c1)OCCN(Cc1ccccc1)C2. The number of rotatable bonds is 2. The van der Waals surface area contributed by atoms with Crippen molar-refractivity contribution in [2.75, 3.05) is 13.2 Å². The molecule has 1 aliphatic rings. The highest BCUT2D eigenvalue weighted by Gasteiger charge is 2.15. The van der Waals surface area contributed by atoms with E-state index in [1.807, 2.05) is 0 Å². The summed E-state index contributed by atoms with van der Waals surface area (Å²) in [6.45, 7) is 3.62. The first-order chi connectivity index (χ1) is 9.31. The Hall–Kier alpha value is -1.32. The van der Waals surface area contributed by atoms with Crippen LogP contribution in [-0.2, 0) is 13.1 Å². The highest BCUT2D eigenvalue weighted by molar-refractivity contribution is 9.10. The van der Waals surface area contributed by atoms with E-state index >= 15 is 0 Å². The first kappa shape index (κ1) is 12.7. The number of hydrogen-bond acceptors (Lipinski definition) is 2. The zero-order chi connectivity index (χ0) is 13.1. The Kier molecular flexibility index (Phi) is 3.85. The van der Waals surface area contributed by atoms with Crippen molar-refractivity contribution < 1.29 is 4.74 Å². The first-order valence-corrected chi connectivity index (χ1v) is 7.28. The van der Waals surface area contributed by atoms with Crippen LogP contribution in [0.15, 0.2) is 53.0 Å². The smallest absolute Gasteiger partial charge is 0.124 e. The zero-order valence-electron chi connectivity index (χ0n) is 10.7. The van der Waals surface area contributed by atoms with Gasteiger partial charge in [0, 0.05) is 29.7 Å². The van der Waals surface area contributed by atoms with E-state index in [9.17, 15) is 0 Å². The third-order valence-electron chi connectivity index (χ3n) is 3.34. The van der Waals surface area contributed by atoms with Gasteiger partial charge in [-0.2, -0.15) is 0 Å². The van der Waals surface area contributed by atoms with Crippen LogP contribution in [-0.4, -0.2) is 18.1 Å². The fourth-order valence-corrected chi connectivity index (χ4v) is 2.71. The van der Waals surface area contributed by atoms with E-state index in [4.69, 9.17) is 4.74 Å². The molecule has 0 atom stereocenters. The van der Waals surface area contributed by atoms with Gasteiger partial charge in [0.15, 0.2) is 0 Å². The number of ether oxygens (including phenoxy) is 1. The molecule has 3 heteroatoms. The van der Waals surface area contributed by atoms with Crippen molar-refractivity contribution in [3.63, 3.8) is 0 Å². The van der Waals surface area contributed by atoms with Gasteiger partial charge in [0.1, 0.15) is 12.4 Å². The van der Waals surface area contributed by atoms with Gasteiger partial charge >= 0.3 is 0 Å². The van der Waals surface area contributed by atoms with E-state index in [-0.39, 0.29) is 0 Å². The molecule has 0 saturated carbocycles. The van der Waals surface area contributed by atoms with Gasteiger partial charge < -0.3 is 4.74 Å². The molecule has 0 bridgehead atoms. The molecule has 0 unspecified atom stereocenters. The molecule has 2 aromatic rings. The summed E-state index contributed by atoms with van der Waals surface area (Å²) in [5.74, 6) is 1.00. The van der Waals surface area contributed by atoms with Gasteiger partial charge in [-0.15, -0.1) is 0 Å². The Morgan fingerprint density at radius 2 is 1.95 bits per heavy atom. The van der Waals surface area contributed by atoms with Crippen molar-refractivity contribution in [1.29, 1.82) is 0 Å². The monoisotopic (exact) mass is 317 g/mol. The number of benzene rings is 2. The normalized spacial score (nSPS) is 15.4. The molecule has 0 saturated heterocycles. The highest BCUT2D eigenvalue weighted by Crippen LogP contribution is 2.27. The molecule has 2 aromatic carbocycles. The molecule has 0 N–H and O–H groups in total. The van der Waals surface area contributed by atoms with E-state index in [0.717, 1.165) is 36.5 Å². The van der Waals surface area contributed by atoms with Crippen LogP contribution in [0.5, 0.6) is 5.75 Å². The maximum absolute atomic E-state index is 5.83. The Balaban J connectivity index is 1.77. The average molecular weight is 318 g/mol. The molecule has 2 nitrogen and oxygen atoms in total. The minimum atomic E-state index is 0.746. The van der Waals surface area contributed by atoms with Gasteiger partial charge in [-0.05, 0) is 17.7 Å². The second-order valence-electron chi connectivity index (χ2n) is 4.80. The van der Waals surface area contributed by atoms with Crippen molar-refractivity contribution in [1.82, 2.24) is 4.90 Å². The molecule has 0 radical (unpaired) electrons. The maximum atomic E-state index is 5.83. The summed E-state index contributed by atoms with van der Waals surface area (Å²) >= 11 is 3.49. The van der Waals surface area contributed by atoms with E-state index < -0.39 is 0 Å². The lowest BCUT2D eigenvalue weighted by Crippen LogP contribution is -2.25. The van der Waals surface area contributed by atoms with Crippen LogP contribution >= 0.6 is 15.9 Å². The lowest BCUT2D eigenvalue weighted by atomic mass is 10.1. The largest absolute Gasteiger partial charge is 0.492 e. The summed E-state index contributed by atoms with van der Waals surface area (Å²) in [6, 6.07) is 16.9. The van der Waals surface area contributed by atoms with Gasteiger partial charge in [0.05, 0.1) is 0 Å². The highest BCUT2D eigenvalue weighted by atomic mass is 79.9. The Morgan fingerprint density at radius 1 is 1.11 bits per heavy atom. The van der Waals surface area contributed by atoms with Crippen LogP contribution < -0.4 is 4.74 Å². The maximum Gasteiger partial charge on any atom is 0.124 e. The number of fused-ring (bicyclic) bond motifs is 1. The van der Waals surface area contributed by atoms with E-state index in [1.165, 1.54) is 11.1 Å². The molecule has 98 valence electrons. The molecule has 0 aromatic heterocycles. The molecule has 19 heavy (non-hydrogen) atoms. The third kappa shape index (κ3) is 3.17. The van der Waals surface area contributed by atoms with Gasteiger partial charge in [-0.1, -0.05) is 52.3 Å². The van der Waals surface area contributed by atoms with Crippen LogP contribution in [0.2, 0.25) is 0 Å². The molecule has 1 heterocycles. The predicted octanol–water partition coefficient (Wildman–Crippen LogP) is 3.84. The molecular weight excluding hydrogens is 302 g/mol. The summed E-state index contributed by atoms with van der Waals surface area (Å²) in [4.78, 5) is 2.43. The Morgan fingerprint density at radius 3 is 2.79 bits per heavy atom. The van der Waals surface area contributed by atoms with Crippen LogP contribution in [0.25, 0.3) is 0 Å². The summed E-state index contributed by atoms with van der Waals surface area (Å²) in [5, 5.41) is 0. The molecule has 0 amide bonds. The van der Waals surface area contributed by atoms with Crippen LogP contribution in [0.3, 0.4) is 0 Å². The quantitative estimate of drug-likeness (QED) is 0.834. The van der Waals surface area contributed by atoms with E-state index in [2.05, 4.69) is 69.4 Å². The van der Waals surface area contributed by atoms with Crippen molar-refractivity contribution in [2.45, 2.75) is 13.1 Å². The minimum Gasteiger partial charge on any atom is -0.492 e. The van der Waals surface area contributed by atoms with Gasteiger partial charge in [-0.3, -0.25) is 4.90 Å². The van der Waals surface area contributed by atoms with Crippen LogP contribution in [0.4, 0.5) is 0 Å². The summed E-state index contributed by atoms with van der Waals surface area (Å²) in [6.07, 6.45) is 0. The molecule has 3 rings (SSSR count). The predicted molar refractivity (Wildman–Crippen MR) is 80.2 cm³/mol. The van der Waals surface area contributed by atoms with Crippen molar-refractivity contribution >= 4 is 15.9 Å². The van der Waals surface area contributed by atoms with Crippen molar-refractivity contribution in [3.8, 4) is 5.75 Å². The second-order valence-corrected chi connectivity index (χ2v) is 5.71. The minimum absolute atomic E-state index is 0.746. The van der Waals surface area contributed by atoms with Crippen LogP contribution in [0, 0.1) is 0 Å². The lowest BCUT2D eigenvalue weighted by Gasteiger charge is -2.19. The zero-order valence-corrected chi connectivity index (χ0v) is 12.3. The Bertz CT molecular complexity index is 556. The third-order valence-corrected chi connectivity index (χ3v) is 3.83. The second kappa shape index (κ2) is 5.76. The number of hydrogen-bond donors (Lipinski definition) is 0. The molecule has 0 aliphatic carbocycles. The fraction of sp³-hybridized carbons (Fsp3) is 0.250. The standard InChI is InChI=1S/C16H16BrNO/c17-15-7-6-14-12-18(8-9-19-16(14)10-15)11-13-4-2-1-3-5-13/h1-7,10H,8-9,11-12H2. The van der Waals surface area contributed by atoms with Crippen molar-refractivity contribution in [2.24, 2.45) is 0 Å². The van der Waals surface area contributed by atoms with Gasteiger partial charge in [0.25, 0.3) is 0 Å². The number of halogens is 1. The van der Waals surface area contributed by atoms with Gasteiger partial charge in [-0.25, -0.2) is 0 Å². The number of nitrogens with zero attached hydrogens (tertiary/aromatic N) is 1. The molecule has 0 fully saturated rings. The van der Waals surface area contributed by atoms with E-state index in [1.54, 1.807) is 0 Å². The van der Waals surface area contributed by atoms with Gasteiger partial charge in [0.2, 0.25) is 0 Å². The lowest BCUT2D eigenvalue weighted by molar-refractivity contribution is 0.219. The Labute approximate surface area is 122 Å². The first-order valence-electron chi connectivity index (χ1n) is 6.49. The summed E-state index contributed by atoms with van der Waals surface area (Å²) in [7, 11) is 0. The summed E-state index contributed by atoms with van der Waals surface area (Å²) in [5.41, 5.74) is 2.61. The van der Waals surface area contributed by atoms with E-state index in [0.29, 0.717) is 0 Å². The topological polar surface area (TPSA) is 12.5 Å². The fourth-order valence-electron chi connectivity index (χ4n) is 2.37. The summed E-state index contributed by atoms with van der Waals surface area (Å²) < 4.78 is 6.90. The van der Waals surface area contributed by atoms with Crippen LogP contribution in [0.1, 0.15) is 11.1 Å².